The molecule has 3 aromatic rings. The molecule has 0 atom stereocenters. The Morgan fingerprint density at radius 1 is 0.964 bits per heavy atom. The summed E-state index contributed by atoms with van der Waals surface area (Å²) < 4.78 is 1.15. The predicted octanol–water partition coefficient (Wildman–Crippen LogP) is 1.59. The number of hydrogen-bond acceptors (Lipinski definition) is 4. The third-order valence-corrected chi connectivity index (χ3v) is 4.16. The van der Waals surface area contributed by atoms with Gasteiger partial charge in [-0.05, 0) is 23.8 Å². The Morgan fingerprint density at radius 3 is 2.36 bits per heavy atom. The molecule has 2 N–H and O–H groups in total. The van der Waals surface area contributed by atoms with E-state index in [9.17, 15) is 14.4 Å². The van der Waals surface area contributed by atoms with E-state index in [4.69, 9.17) is 0 Å². The van der Waals surface area contributed by atoms with Gasteiger partial charge in [-0.1, -0.05) is 42.5 Å². The lowest BCUT2D eigenvalue weighted by Gasteiger charge is -2.09. The number of carbonyl (C=O) groups excluding carboxylic acids is 2. The quantitative estimate of drug-likeness (QED) is 0.683. The fraction of sp³-hybridized carbons (Fsp3) is 0.143. The molecule has 7 nitrogen and oxygen atoms in total. The normalized spacial score (nSPS) is 10.3. The number of benzene rings is 2. The van der Waals surface area contributed by atoms with Gasteiger partial charge in [0.25, 0.3) is 11.5 Å². The summed E-state index contributed by atoms with van der Waals surface area (Å²) in [5.41, 5.74) is 2.54. The van der Waals surface area contributed by atoms with Gasteiger partial charge in [0.05, 0.1) is 5.69 Å². The molecular weight excluding hydrogens is 356 g/mol. The molecule has 2 amide bonds. The first-order valence-corrected chi connectivity index (χ1v) is 8.78. The number of carbonyl (C=O) groups is 2. The number of nitrogens with one attached hydrogen (secondary N) is 2. The van der Waals surface area contributed by atoms with E-state index in [1.165, 1.54) is 6.07 Å². The van der Waals surface area contributed by atoms with Crippen LogP contribution in [0.2, 0.25) is 0 Å². The van der Waals surface area contributed by atoms with Crippen LogP contribution in [0.5, 0.6) is 0 Å². The van der Waals surface area contributed by atoms with Crippen LogP contribution in [0.25, 0.3) is 11.3 Å². The summed E-state index contributed by atoms with van der Waals surface area (Å²) in [6, 6.07) is 19.4. The van der Waals surface area contributed by atoms with E-state index in [0.717, 1.165) is 15.8 Å². The third-order valence-electron chi connectivity index (χ3n) is 4.16. The van der Waals surface area contributed by atoms with E-state index in [2.05, 4.69) is 15.7 Å². The summed E-state index contributed by atoms with van der Waals surface area (Å²) in [6.45, 7) is 0.121. The van der Waals surface area contributed by atoms with Crippen molar-refractivity contribution in [3.05, 3.63) is 88.2 Å². The van der Waals surface area contributed by atoms with Crippen LogP contribution in [0.4, 0.5) is 0 Å². The van der Waals surface area contributed by atoms with Gasteiger partial charge in [-0.15, -0.1) is 0 Å². The summed E-state index contributed by atoms with van der Waals surface area (Å²) in [6.07, 6.45) is 0. The van der Waals surface area contributed by atoms with Crippen molar-refractivity contribution >= 4 is 11.8 Å². The molecule has 7 heteroatoms. The van der Waals surface area contributed by atoms with Crippen LogP contribution in [0.3, 0.4) is 0 Å². The maximum Gasteiger partial charge on any atom is 0.267 e. The average Bonchev–Trinajstić information content (AvgIpc) is 2.74. The highest BCUT2D eigenvalue weighted by Crippen LogP contribution is 2.13. The van der Waals surface area contributed by atoms with Gasteiger partial charge >= 0.3 is 0 Å². The van der Waals surface area contributed by atoms with Crippen LogP contribution in [0.1, 0.15) is 15.9 Å². The van der Waals surface area contributed by atoms with Gasteiger partial charge in [0.15, 0.2) is 0 Å². The maximum atomic E-state index is 12.2. The van der Waals surface area contributed by atoms with Crippen molar-refractivity contribution in [3.63, 3.8) is 0 Å². The molecule has 0 aliphatic heterocycles. The van der Waals surface area contributed by atoms with Gasteiger partial charge in [0, 0.05) is 30.8 Å². The van der Waals surface area contributed by atoms with Crippen molar-refractivity contribution in [2.24, 2.45) is 0 Å². The molecule has 0 spiro atoms. The lowest BCUT2D eigenvalue weighted by atomic mass is 10.1. The fourth-order valence-corrected chi connectivity index (χ4v) is 2.64. The summed E-state index contributed by atoms with van der Waals surface area (Å²) in [7, 11) is 1.57. The zero-order valence-corrected chi connectivity index (χ0v) is 15.4. The van der Waals surface area contributed by atoms with Gasteiger partial charge in [0.2, 0.25) is 5.91 Å². The molecule has 1 aromatic heterocycles. The molecule has 142 valence electrons. The number of aromatic nitrogens is 2. The molecule has 0 aliphatic carbocycles. The van der Waals surface area contributed by atoms with E-state index < -0.39 is 0 Å². The second kappa shape index (κ2) is 8.77. The van der Waals surface area contributed by atoms with E-state index >= 15 is 0 Å². The highest BCUT2D eigenvalue weighted by molar-refractivity contribution is 5.93. The van der Waals surface area contributed by atoms with Crippen molar-refractivity contribution in [3.8, 4) is 11.3 Å². The van der Waals surface area contributed by atoms with Crippen molar-refractivity contribution < 1.29 is 9.59 Å². The van der Waals surface area contributed by atoms with Crippen LogP contribution in [-0.4, -0.2) is 28.6 Å². The van der Waals surface area contributed by atoms with E-state index in [0.29, 0.717) is 17.8 Å². The van der Waals surface area contributed by atoms with Crippen LogP contribution >= 0.6 is 0 Å². The molecule has 0 fully saturated rings. The Bertz CT molecular complexity index is 1030. The summed E-state index contributed by atoms with van der Waals surface area (Å²) >= 11 is 0. The van der Waals surface area contributed by atoms with Crippen LogP contribution in [0.15, 0.2) is 71.5 Å². The number of rotatable bonds is 6. The molecule has 0 radical (unpaired) electrons. The minimum Gasteiger partial charge on any atom is -0.355 e. The van der Waals surface area contributed by atoms with E-state index in [-0.39, 0.29) is 23.9 Å². The number of hydrogen-bond donors (Lipinski definition) is 2. The molecule has 28 heavy (non-hydrogen) atoms. The number of nitrogens with zero attached hydrogens (tertiary/aromatic N) is 2. The SMILES string of the molecule is CNC(=O)c1ccc(CNC(=O)Cn2nc(-c3ccccc3)ccc2=O)cc1. The third kappa shape index (κ3) is 4.70. The molecule has 3 rings (SSSR count). The molecule has 1 heterocycles. The average molecular weight is 376 g/mol. The van der Waals surface area contributed by atoms with Gasteiger partial charge < -0.3 is 10.6 Å². The first kappa shape index (κ1) is 19.0. The summed E-state index contributed by atoms with van der Waals surface area (Å²) in [5.74, 6) is -0.491. The Labute approximate surface area is 162 Å². The lowest BCUT2D eigenvalue weighted by Crippen LogP contribution is -2.33. The first-order chi connectivity index (χ1) is 13.6. The second-order valence-corrected chi connectivity index (χ2v) is 6.13. The number of amides is 2. The highest BCUT2D eigenvalue weighted by atomic mass is 16.2. The van der Waals surface area contributed by atoms with Crippen molar-refractivity contribution in [1.29, 1.82) is 0 Å². The molecule has 0 saturated heterocycles. The minimum atomic E-state index is -0.343. The molecule has 0 saturated carbocycles. The van der Waals surface area contributed by atoms with Crippen LogP contribution < -0.4 is 16.2 Å². The summed E-state index contributed by atoms with van der Waals surface area (Å²) in [4.78, 5) is 35.8. The molecule has 2 aromatic carbocycles. The van der Waals surface area contributed by atoms with E-state index in [1.807, 2.05) is 30.3 Å². The van der Waals surface area contributed by atoms with Gasteiger partial charge in [0.1, 0.15) is 6.54 Å². The second-order valence-electron chi connectivity index (χ2n) is 6.13. The molecule has 0 unspecified atom stereocenters. The van der Waals surface area contributed by atoms with Crippen LogP contribution in [0, 0.1) is 0 Å². The Kier molecular flexibility index (Phi) is 5.96. The Hall–Kier alpha value is -3.74. The zero-order valence-electron chi connectivity index (χ0n) is 15.4. The van der Waals surface area contributed by atoms with Gasteiger partial charge in [-0.3, -0.25) is 14.4 Å². The fourth-order valence-electron chi connectivity index (χ4n) is 2.64. The smallest absolute Gasteiger partial charge is 0.267 e. The topological polar surface area (TPSA) is 93.1 Å². The monoisotopic (exact) mass is 376 g/mol. The zero-order chi connectivity index (χ0) is 19.9. The summed E-state index contributed by atoms with van der Waals surface area (Å²) in [5, 5.41) is 9.59. The molecular formula is C21H20N4O3. The minimum absolute atomic E-state index is 0.167. The first-order valence-electron chi connectivity index (χ1n) is 8.78. The van der Waals surface area contributed by atoms with Crippen LogP contribution in [-0.2, 0) is 17.9 Å². The van der Waals surface area contributed by atoms with Crippen molar-refractivity contribution in [2.45, 2.75) is 13.1 Å². The predicted molar refractivity (Wildman–Crippen MR) is 106 cm³/mol. The van der Waals surface area contributed by atoms with E-state index in [1.54, 1.807) is 37.4 Å². The maximum absolute atomic E-state index is 12.2. The molecule has 0 bridgehead atoms. The lowest BCUT2D eigenvalue weighted by molar-refractivity contribution is -0.122. The standard InChI is InChI=1S/C21H20N4O3/c1-22-21(28)17-9-7-15(8-10-17)13-23-19(26)14-25-20(27)12-11-18(24-25)16-5-3-2-4-6-16/h2-12H,13-14H2,1H3,(H,22,28)(H,23,26). The Morgan fingerprint density at radius 2 is 1.68 bits per heavy atom. The van der Waals surface area contributed by atoms with Gasteiger partial charge in [-0.25, -0.2) is 4.68 Å². The Balaban J connectivity index is 1.63. The largest absolute Gasteiger partial charge is 0.355 e. The van der Waals surface area contributed by atoms with Crippen molar-refractivity contribution in [2.75, 3.05) is 7.05 Å². The van der Waals surface area contributed by atoms with Gasteiger partial charge in [-0.2, -0.15) is 5.10 Å². The molecule has 0 aliphatic rings. The van der Waals surface area contributed by atoms with Crippen molar-refractivity contribution in [1.82, 2.24) is 20.4 Å². The highest BCUT2D eigenvalue weighted by Gasteiger charge is 2.08.